The summed E-state index contributed by atoms with van der Waals surface area (Å²) in [5, 5.41) is 0. The van der Waals surface area contributed by atoms with E-state index in [1.165, 1.54) is 55.4 Å². The maximum atomic E-state index is 12.3. The Kier molecular flexibility index (Phi) is 56.5. The standard InChI is InChI=1S/C10H22.C9H17F3.C9H20.4C8H15F3.3C7H13F3/c1-8(2)10(6,7)9(3,4)5;1-6(2)8(4,5)7(3)9(10,11)12;1-7(2)8(3)9(4,5)6;2*1-6(2,3)7(4,5)8(9,10)11;2*1-5(2)6(3)7(4)8(9,10)11;1-4-6(2,3)5-7(8,9)10;1-4-5(2)6(3)7(8,9)10;1-3-6(4-2)5-7(8,9)10/h8H,1-7H3;6-7H,1-5H3;7-8H,1-6H3;2*1-5H3;2*5-7H,1-4H3;4-5H2,1-3H3;5-6H,4H2,1-3H3;6H,3-5H2,1-2H3/t;;8-;;;2*6-,7?;;5?,6-;/m..1..11.1./s1. The molecule has 0 aliphatic heterocycles. The van der Waals surface area contributed by atoms with Crippen LogP contribution in [-0.2, 0) is 0 Å². The highest BCUT2D eigenvalue weighted by atomic mass is 19.4. The van der Waals surface area contributed by atoms with Crippen molar-refractivity contribution in [1.82, 2.24) is 0 Å². The summed E-state index contributed by atoms with van der Waals surface area (Å²) in [6.45, 7) is 79.0. The highest BCUT2D eigenvalue weighted by Gasteiger charge is 2.55. The lowest BCUT2D eigenvalue weighted by Gasteiger charge is -2.42. The first-order chi connectivity index (χ1) is 44.8. The van der Waals surface area contributed by atoms with E-state index in [4.69, 9.17) is 0 Å². The number of hydrogen-bond acceptors (Lipinski definition) is 0. The first kappa shape index (κ1) is 124. The lowest BCUT2D eigenvalue weighted by atomic mass is 9.63. The van der Waals surface area contributed by atoms with Gasteiger partial charge in [0.1, 0.15) is 0 Å². The van der Waals surface area contributed by atoms with Gasteiger partial charge >= 0.3 is 49.4 Å². The van der Waals surface area contributed by atoms with Gasteiger partial charge in [0.2, 0.25) is 0 Å². The van der Waals surface area contributed by atoms with E-state index in [0.29, 0.717) is 41.9 Å². The summed E-state index contributed by atoms with van der Waals surface area (Å²) < 4.78 is 289. The van der Waals surface area contributed by atoms with Crippen molar-refractivity contribution < 1.29 is 105 Å². The summed E-state index contributed by atoms with van der Waals surface area (Å²) in [6.07, 6.45) is -31.3. The minimum absolute atomic E-state index is 0.0362. The Labute approximate surface area is 627 Å². The Morgan fingerprint density at radius 1 is 0.276 bits per heavy atom. The third kappa shape index (κ3) is 56.2. The van der Waals surface area contributed by atoms with Crippen LogP contribution in [0.4, 0.5) is 105 Å². The molecular weight excluding hydrogens is 1430 g/mol. The van der Waals surface area contributed by atoms with Crippen molar-refractivity contribution >= 4 is 0 Å². The first-order valence-electron chi connectivity index (χ1n) is 37.4. The summed E-state index contributed by atoms with van der Waals surface area (Å²) in [4.78, 5) is 0. The van der Waals surface area contributed by atoms with Crippen molar-refractivity contribution in [2.45, 2.75) is 393 Å². The molecule has 0 radical (unpaired) electrons. The number of alkyl halides is 24. The van der Waals surface area contributed by atoms with E-state index in [1.54, 1.807) is 118 Å². The van der Waals surface area contributed by atoms with Crippen LogP contribution in [0.25, 0.3) is 0 Å². The van der Waals surface area contributed by atoms with Gasteiger partial charge < -0.3 is 0 Å². The molecule has 0 aromatic rings. The molecule has 0 aliphatic carbocycles. The average molecular weight is 1590 g/mol. The van der Waals surface area contributed by atoms with Gasteiger partial charge in [0, 0.05) is 12.8 Å². The molecule has 0 nitrogen and oxygen atoms in total. The first-order valence-corrected chi connectivity index (χ1v) is 37.4. The van der Waals surface area contributed by atoms with Crippen molar-refractivity contribution in [2.75, 3.05) is 0 Å². The van der Waals surface area contributed by atoms with Gasteiger partial charge in [0.15, 0.2) is 0 Å². The third-order valence-corrected chi connectivity index (χ3v) is 24.0. The van der Waals surface area contributed by atoms with E-state index >= 15 is 0 Å². The van der Waals surface area contributed by atoms with Crippen LogP contribution in [0.15, 0.2) is 0 Å². The molecule has 0 saturated heterocycles. The van der Waals surface area contributed by atoms with Gasteiger partial charge in [-0.15, -0.1) is 0 Å². The van der Waals surface area contributed by atoms with Gasteiger partial charge in [-0.3, -0.25) is 0 Å². The molecule has 0 fully saturated rings. The van der Waals surface area contributed by atoms with Gasteiger partial charge in [-0.05, 0) is 97.1 Å². The summed E-state index contributed by atoms with van der Waals surface area (Å²) in [7, 11) is 0. The zero-order valence-corrected chi connectivity index (χ0v) is 73.9. The Bertz CT molecular complexity index is 2000. The van der Waals surface area contributed by atoms with Crippen molar-refractivity contribution in [1.29, 1.82) is 0 Å². The fourth-order valence-corrected chi connectivity index (χ4v) is 7.64. The fourth-order valence-electron chi connectivity index (χ4n) is 7.64. The Hall–Kier alpha value is -1.68. The van der Waals surface area contributed by atoms with Crippen LogP contribution in [0.3, 0.4) is 0 Å². The van der Waals surface area contributed by atoms with Gasteiger partial charge in [0.05, 0.1) is 34.5 Å². The van der Waals surface area contributed by atoms with Crippen LogP contribution in [0, 0.1) is 132 Å². The summed E-state index contributed by atoms with van der Waals surface area (Å²) in [5.41, 5.74) is -4.69. The van der Waals surface area contributed by atoms with E-state index in [0.717, 1.165) is 17.8 Å². The van der Waals surface area contributed by atoms with Crippen molar-refractivity contribution in [3.05, 3.63) is 0 Å². The second-order valence-corrected chi connectivity index (χ2v) is 37.9. The van der Waals surface area contributed by atoms with Crippen molar-refractivity contribution in [3.8, 4) is 0 Å². The predicted octanol–water partition coefficient (Wildman–Crippen LogP) is 35.1. The van der Waals surface area contributed by atoms with E-state index in [9.17, 15) is 105 Å². The quantitative estimate of drug-likeness (QED) is 0.143. The van der Waals surface area contributed by atoms with E-state index in [2.05, 4.69) is 90.0 Å². The molecular formula is C81H158F24. The molecule has 4 unspecified atom stereocenters. The zero-order chi connectivity index (χ0) is 88.8. The van der Waals surface area contributed by atoms with Crippen LogP contribution in [-0.4, -0.2) is 49.4 Å². The van der Waals surface area contributed by atoms with Crippen LogP contribution in [0.1, 0.15) is 343 Å². The van der Waals surface area contributed by atoms with Gasteiger partial charge in [-0.25, -0.2) is 0 Å². The SMILES string of the molecule is CC(C)(C)C(C)(C)C(F)(F)F.CC(C)(C)C(C)(C)C(F)(F)F.CC(C)C(C)(C)C(C)(C)C.CC(C)C(C)(C)C(C)C(F)(F)F.CC(C)[C@@H](C)C(C)(C)C.CC(C)[C@@H](C)C(C)C(F)(F)F.CC(C)[C@@H](C)C(C)C(F)(F)F.CCC(C)(C)CC(F)(F)F.CCC(C)[C@@H](C)C(F)(F)F.CCC(CC)CC(F)(F)F. The maximum absolute atomic E-state index is 12.3. The van der Waals surface area contributed by atoms with Crippen LogP contribution in [0.5, 0.6) is 0 Å². The molecule has 0 rings (SSSR count). The molecule has 0 saturated carbocycles. The van der Waals surface area contributed by atoms with Gasteiger partial charge in [-0.1, -0.05) is 330 Å². The van der Waals surface area contributed by atoms with E-state index < -0.39 is 118 Å². The number of rotatable bonds is 15. The molecule has 24 heteroatoms. The largest absolute Gasteiger partial charge is 0.394 e. The molecule has 0 aromatic heterocycles. The summed E-state index contributed by atoms with van der Waals surface area (Å²) in [5.74, 6) is -3.24. The fraction of sp³-hybridized carbons (Fsp3) is 1.00. The molecule has 0 amide bonds. The highest BCUT2D eigenvalue weighted by Crippen LogP contribution is 2.52. The minimum Gasteiger partial charge on any atom is -0.171 e. The highest BCUT2D eigenvalue weighted by molar-refractivity contribution is 4.90. The molecule has 0 bridgehead atoms. The normalized spacial score (nSPS) is 16.1. The average Bonchev–Trinajstić information content (AvgIpc) is 0.798. The minimum atomic E-state index is -4.12. The third-order valence-electron chi connectivity index (χ3n) is 24.0. The van der Waals surface area contributed by atoms with E-state index in [-0.39, 0.29) is 41.4 Å². The molecule has 0 spiro atoms. The van der Waals surface area contributed by atoms with Crippen molar-refractivity contribution in [3.63, 3.8) is 0 Å². The molecule has 0 N–H and O–H groups in total. The van der Waals surface area contributed by atoms with Crippen LogP contribution >= 0.6 is 0 Å². The molecule has 0 heterocycles. The van der Waals surface area contributed by atoms with Crippen LogP contribution < -0.4 is 0 Å². The summed E-state index contributed by atoms with van der Waals surface area (Å²) >= 11 is 0. The second kappa shape index (κ2) is 47.7. The second-order valence-electron chi connectivity index (χ2n) is 37.9. The van der Waals surface area contributed by atoms with Crippen LogP contribution in [0.2, 0.25) is 0 Å². The monoisotopic (exact) mass is 1590 g/mol. The molecule has 105 heavy (non-hydrogen) atoms. The molecule has 650 valence electrons. The topological polar surface area (TPSA) is 0 Å². The zero-order valence-electron chi connectivity index (χ0n) is 73.9. The van der Waals surface area contributed by atoms with E-state index in [1.807, 2.05) is 41.5 Å². The Morgan fingerprint density at radius 3 is 0.590 bits per heavy atom. The van der Waals surface area contributed by atoms with Gasteiger partial charge in [-0.2, -0.15) is 105 Å². The Morgan fingerprint density at radius 2 is 0.543 bits per heavy atom. The lowest BCUT2D eigenvalue weighted by molar-refractivity contribution is -0.244. The molecule has 0 aliphatic rings. The lowest BCUT2D eigenvalue weighted by Crippen LogP contribution is -2.43. The predicted molar refractivity (Wildman–Crippen MR) is 397 cm³/mol. The van der Waals surface area contributed by atoms with Gasteiger partial charge in [0.25, 0.3) is 0 Å². The maximum Gasteiger partial charge on any atom is 0.394 e. The Balaban J connectivity index is -0.000000119. The number of halogens is 24. The molecule has 0 aromatic carbocycles. The summed E-state index contributed by atoms with van der Waals surface area (Å²) in [6, 6.07) is 0. The molecule has 8 atom stereocenters. The number of hydrogen-bond donors (Lipinski definition) is 0. The smallest absolute Gasteiger partial charge is 0.171 e. The van der Waals surface area contributed by atoms with Crippen molar-refractivity contribution in [2.24, 2.45) is 132 Å².